The third-order valence-electron chi connectivity index (χ3n) is 5.49. The first-order valence-corrected chi connectivity index (χ1v) is 10.7. The van der Waals surface area contributed by atoms with E-state index in [4.69, 9.17) is 18.6 Å². The van der Waals surface area contributed by atoms with E-state index in [0.29, 0.717) is 31.2 Å². The summed E-state index contributed by atoms with van der Waals surface area (Å²) >= 11 is 0. The van der Waals surface area contributed by atoms with Crippen LogP contribution in [0.3, 0.4) is 0 Å². The van der Waals surface area contributed by atoms with Gasteiger partial charge in [-0.1, -0.05) is 6.07 Å². The number of hydrogen-bond acceptors (Lipinski definition) is 8. The quantitative estimate of drug-likeness (QED) is 0.645. The lowest BCUT2D eigenvalue weighted by Crippen LogP contribution is -2.41. The lowest BCUT2D eigenvalue weighted by atomic mass is 10.1. The number of benzene rings is 1. The molecular formula is C22H30N4O5. The largest absolute Gasteiger partial charge is 0.454 e. The topological polar surface area (TPSA) is 89.3 Å². The van der Waals surface area contributed by atoms with Gasteiger partial charge in [-0.3, -0.25) is 14.6 Å². The standard InChI is InChI=1S/C22H30N4O5/c1-16(2)26(12-17-3-4-19-20(11-17)31-15-30-19)13-21-24-18(14-29-21)22(27)23-5-6-25-7-9-28-10-8-25/h3-4,11,14,16H,5-10,12-13,15H2,1-2H3,(H,23,27). The van der Waals surface area contributed by atoms with Crippen LogP contribution in [0.2, 0.25) is 0 Å². The highest BCUT2D eigenvalue weighted by Crippen LogP contribution is 2.33. The lowest BCUT2D eigenvalue weighted by Gasteiger charge is -2.26. The molecular weight excluding hydrogens is 400 g/mol. The Morgan fingerprint density at radius 3 is 2.81 bits per heavy atom. The molecule has 168 valence electrons. The Hall–Kier alpha value is -2.62. The molecule has 0 atom stereocenters. The van der Waals surface area contributed by atoms with Crippen LogP contribution in [0.5, 0.6) is 11.5 Å². The van der Waals surface area contributed by atoms with E-state index in [1.807, 2.05) is 18.2 Å². The van der Waals surface area contributed by atoms with Crippen molar-refractivity contribution in [2.75, 3.05) is 46.2 Å². The number of morpholine rings is 1. The first-order valence-electron chi connectivity index (χ1n) is 10.7. The maximum Gasteiger partial charge on any atom is 0.273 e. The van der Waals surface area contributed by atoms with E-state index in [-0.39, 0.29) is 18.7 Å². The Kier molecular flexibility index (Phi) is 7.06. The smallest absolute Gasteiger partial charge is 0.273 e. The first-order chi connectivity index (χ1) is 15.1. The Morgan fingerprint density at radius 2 is 2.00 bits per heavy atom. The lowest BCUT2D eigenvalue weighted by molar-refractivity contribution is 0.0383. The molecule has 1 N–H and O–H groups in total. The minimum atomic E-state index is -0.213. The molecule has 0 saturated carbocycles. The van der Waals surface area contributed by atoms with Crippen LogP contribution >= 0.6 is 0 Å². The van der Waals surface area contributed by atoms with Gasteiger partial charge in [0, 0.05) is 38.8 Å². The monoisotopic (exact) mass is 430 g/mol. The van der Waals surface area contributed by atoms with Crippen LogP contribution < -0.4 is 14.8 Å². The SMILES string of the molecule is CC(C)N(Cc1ccc2c(c1)OCO2)Cc1nc(C(=O)NCCN2CCOCC2)co1. The second-order valence-electron chi connectivity index (χ2n) is 8.02. The van der Waals surface area contributed by atoms with Gasteiger partial charge < -0.3 is 23.9 Å². The van der Waals surface area contributed by atoms with Crippen molar-refractivity contribution in [1.29, 1.82) is 0 Å². The normalized spacial score (nSPS) is 16.3. The van der Waals surface area contributed by atoms with Crippen LogP contribution in [0, 0.1) is 0 Å². The Balaban J connectivity index is 1.30. The summed E-state index contributed by atoms with van der Waals surface area (Å²) < 4.78 is 21.8. The molecule has 31 heavy (non-hydrogen) atoms. The van der Waals surface area contributed by atoms with Gasteiger partial charge in [-0.15, -0.1) is 0 Å². The van der Waals surface area contributed by atoms with E-state index in [2.05, 4.69) is 33.9 Å². The Labute approximate surface area is 182 Å². The van der Waals surface area contributed by atoms with E-state index in [1.165, 1.54) is 6.26 Å². The predicted octanol–water partition coefficient (Wildman–Crippen LogP) is 1.88. The average molecular weight is 431 g/mol. The molecule has 1 aromatic heterocycles. The molecule has 1 aromatic carbocycles. The predicted molar refractivity (Wildman–Crippen MR) is 113 cm³/mol. The number of carbonyl (C=O) groups is 1. The van der Waals surface area contributed by atoms with Crippen LogP contribution in [0.1, 0.15) is 35.8 Å². The van der Waals surface area contributed by atoms with Crippen molar-refractivity contribution >= 4 is 5.91 Å². The van der Waals surface area contributed by atoms with Gasteiger partial charge in [0.1, 0.15) is 6.26 Å². The number of ether oxygens (including phenoxy) is 3. The van der Waals surface area contributed by atoms with Crippen LogP contribution in [0.4, 0.5) is 0 Å². The van der Waals surface area contributed by atoms with Crippen molar-refractivity contribution < 1.29 is 23.4 Å². The van der Waals surface area contributed by atoms with Gasteiger partial charge in [0.15, 0.2) is 17.2 Å². The second kappa shape index (κ2) is 10.1. The minimum Gasteiger partial charge on any atom is -0.454 e. The summed E-state index contributed by atoms with van der Waals surface area (Å²) in [7, 11) is 0. The number of oxazole rings is 1. The van der Waals surface area contributed by atoms with Crippen LogP contribution in [-0.4, -0.2) is 72.9 Å². The van der Waals surface area contributed by atoms with E-state index in [1.54, 1.807) is 0 Å². The summed E-state index contributed by atoms with van der Waals surface area (Å²) in [6.07, 6.45) is 1.43. The van der Waals surface area contributed by atoms with Crippen molar-refractivity contribution in [1.82, 2.24) is 20.1 Å². The molecule has 1 saturated heterocycles. The fourth-order valence-corrected chi connectivity index (χ4v) is 3.60. The molecule has 0 bridgehead atoms. The van der Waals surface area contributed by atoms with Crippen LogP contribution in [0.25, 0.3) is 0 Å². The maximum atomic E-state index is 12.4. The van der Waals surface area contributed by atoms with Gasteiger partial charge in [0.25, 0.3) is 5.91 Å². The molecule has 0 radical (unpaired) electrons. The summed E-state index contributed by atoms with van der Waals surface area (Å²) in [5, 5.41) is 2.92. The number of rotatable bonds is 9. The number of carbonyl (C=O) groups excluding carboxylic acids is 1. The zero-order chi connectivity index (χ0) is 21.6. The summed E-state index contributed by atoms with van der Waals surface area (Å²) in [6, 6.07) is 6.23. The molecule has 2 aliphatic rings. The third kappa shape index (κ3) is 5.75. The molecule has 3 heterocycles. The van der Waals surface area contributed by atoms with E-state index in [9.17, 15) is 4.79 Å². The van der Waals surface area contributed by atoms with Crippen molar-refractivity contribution in [2.24, 2.45) is 0 Å². The average Bonchev–Trinajstić information content (AvgIpc) is 3.43. The molecule has 1 fully saturated rings. The van der Waals surface area contributed by atoms with Gasteiger partial charge in [-0.05, 0) is 31.5 Å². The first kappa shape index (κ1) is 21.6. The van der Waals surface area contributed by atoms with E-state index >= 15 is 0 Å². The second-order valence-corrected chi connectivity index (χ2v) is 8.02. The van der Waals surface area contributed by atoms with Crippen LogP contribution in [-0.2, 0) is 17.8 Å². The zero-order valence-electron chi connectivity index (χ0n) is 18.1. The molecule has 0 aliphatic carbocycles. The summed E-state index contributed by atoms with van der Waals surface area (Å²) in [6.45, 7) is 10.4. The highest BCUT2D eigenvalue weighted by atomic mass is 16.7. The number of hydrogen-bond donors (Lipinski definition) is 1. The summed E-state index contributed by atoms with van der Waals surface area (Å²) in [5.41, 5.74) is 1.43. The van der Waals surface area contributed by atoms with Crippen molar-refractivity contribution in [3.05, 3.63) is 41.6 Å². The van der Waals surface area contributed by atoms with Gasteiger partial charge in [-0.2, -0.15) is 0 Å². The molecule has 9 heteroatoms. The molecule has 2 aliphatic heterocycles. The van der Waals surface area contributed by atoms with Crippen molar-refractivity contribution in [2.45, 2.75) is 33.0 Å². The molecule has 2 aromatic rings. The molecule has 1 amide bonds. The number of nitrogens with zero attached hydrogens (tertiary/aromatic N) is 3. The minimum absolute atomic E-state index is 0.213. The van der Waals surface area contributed by atoms with Gasteiger partial charge in [-0.25, -0.2) is 4.98 Å². The number of amides is 1. The highest BCUT2D eigenvalue weighted by Gasteiger charge is 2.19. The van der Waals surface area contributed by atoms with Crippen molar-refractivity contribution in [3.8, 4) is 11.5 Å². The fourth-order valence-electron chi connectivity index (χ4n) is 3.60. The Bertz CT molecular complexity index is 879. The zero-order valence-corrected chi connectivity index (χ0v) is 18.1. The maximum absolute atomic E-state index is 12.4. The number of aromatic nitrogens is 1. The van der Waals surface area contributed by atoms with Crippen molar-refractivity contribution in [3.63, 3.8) is 0 Å². The number of fused-ring (bicyclic) bond motifs is 1. The molecule has 9 nitrogen and oxygen atoms in total. The number of nitrogens with one attached hydrogen (secondary N) is 1. The van der Waals surface area contributed by atoms with E-state index in [0.717, 1.165) is 49.9 Å². The summed E-state index contributed by atoms with van der Waals surface area (Å²) in [4.78, 5) is 21.3. The highest BCUT2D eigenvalue weighted by molar-refractivity contribution is 5.91. The van der Waals surface area contributed by atoms with Gasteiger partial charge >= 0.3 is 0 Å². The van der Waals surface area contributed by atoms with E-state index < -0.39 is 0 Å². The van der Waals surface area contributed by atoms with Gasteiger partial charge in [0.05, 0.1) is 19.8 Å². The summed E-state index contributed by atoms with van der Waals surface area (Å²) in [5.74, 6) is 1.85. The molecule has 0 spiro atoms. The molecule has 4 rings (SSSR count). The van der Waals surface area contributed by atoms with Gasteiger partial charge in [0.2, 0.25) is 12.7 Å². The molecule has 0 unspecified atom stereocenters. The third-order valence-corrected chi connectivity index (χ3v) is 5.49. The van der Waals surface area contributed by atoms with Crippen LogP contribution in [0.15, 0.2) is 28.9 Å². The fraction of sp³-hybridized carbons (Fsp3) is 0.545. The Morgan fingerprint density at radius 1 is 1.19 bits per heavy atom.